The Hall–Kier alpha value is -3.38. The van der Waals surface area contributed by atoms with Crippen LogP contribution in [0.15, 0.2) is 60.7 Å². The minimum absolute atomic E-state index is 0.100. The summed E-state index contributed by atoms with van der Waals surface area (Å²) in [7, 11) is 0. The van der Waals surface area contributed by atoms with Crippen LogP contribution in [0.2, 0.25) is 5.02 Å². The third-order valence-electron chi connectivity index (χ3n) is 4.74. The maximum Gasteiger partial charge on any atom is 0.262 e. The molecule has 0 saturated carbocycles. The van der Waals surface area contributed by atoms with Gasteiger partial charge in [0.15, 0.2) is 6.61 Å². The van der Waals surface area contributed by atoms with E-state index in [1.165, 1.54) is 5.56 Å². The second-order valence-electron chi connectivity index (χ2n) is 6.96. The van der Waals surface area contributed by atoms with Crippen LogP contribution in [0.3, 0.4) is 0 Å². The molecular weight excluding hydrogens is 400 g/mol. The lowest BCUT2D eigenvalue weighted by molar-refractivity contribution is -0.118. The van der Waals surface area contributed by atoms with Gasteiger partial charge in [0.1, 0.15) is 16.8 Å². The van der Waals surface area contributed by atoms with Gasteiger partial charge in [-0.05, 0) is 73.0 Å². The molecular formula is C23H21ClN4O2. The number of benzene rings is 3. The van der Waals surface area contributed by atoms with Crippen LogP contribution in [0.5, 0.6) is 5.75 Å². The minimum atomic E-state index is -0.258. The summed E-state index contributed by atoms with van der Waals surface area (Å²) in [6.07, 6.45) is 0.985. The van der Waals surface area contributed by atoms with Crippen molar-refractivity contribution in [1.29, 1.82) is 0 Å². The lowest BCUT2D eigenvalue weighted by Gasteiger charge is -2.09. The molecule has 4 aromatic rings. The standard InChI is InChI=1S/C23H21ClN4O2/c1-3-16-4-8-19(9-5-16)28-26-20-10-7-18(13-21(20)27-28)25-23(29)14-30-22-11-6-17(24)12-15(22)2/h4-13H,3,14H2,1-2H3,(H,25,29). The molecule has 7 heteroatoms. The third kappa shape index (κ3) is 4.44. The van der Waals surface area contributed by atoms with E-state index >= 15 is 0 Å². The summed E-state index contributed by atoms with van der Waals surface area (Å²) in [5.74, 6) is 0.369. The lowest BCUT2D eigenvalue weighted by Crippen LogP contribution is -2.20. The molecule has 0 aliphatic carbocycles. The second kappa shape index (κ2) is 8.55. The Morgan fingerprint density at radius 3 is 2.53 bits per heavy atom. The van der Waals surface area contributed by atoms with Crippen LogP contribution < -0.4 is 10.1 Å². The number of halogens is 1. The number of amides is 1. The second-order valence-corrected chi connectivity index (χ2v) is 7.40. The van der Waals surface area contributed by atoms with Crippen LogP contribution in [-0.2, 0) is 11.2 Å². The molecule has 0 saturated heterocycles. The number of nitrogens with zero attached hydrogens (tertiary/aromatic N) is 3. The molecule has 0 fully saturated rings. The topological polar surface area (TPSA) is 69.0 Å². The van der Waals surface area contributed by atoms with Crippen molar-refractivity contribution in [3.8, 4) is 11.4 Å². The van der Waals surface area contributed by atoms with Crippen molar-refractivity contribution in [2.24, 2.45) is 0 Å². The number of carbonyl (C=O) groups excluding carboxylic acids is 1. The Morgan fingerprint density at radius 1 is 1.03 bits per heavy atom. The number of hydrogen-bond donors (Lipinski definition) is 1. The maximum absolute atomic E-state index is 12.3. The first-order valence-corrected chi connectivity index (χ1v) is 10.0. The smallest absolute Gasteiger partial charge is 0.262 e. The lowest BCUT2D eigenvalue weighted by atomic mass is 10.2. The normalized spacial score (nSPS) is 10.9. The predicted molar refractivity (Wildman–Crippen MR) is 119 cm³/mol. The van der Waals surface area contributed by atoms with Crippen molar-refractivity contribution >= 4 is 34.2 Å². The summed E-state index contributed by atoms with van der Waals surface area (Å²) < 4.78 is 5.59. The van der Waals surface area contributed by atoms with Crippen LogP contribution in [-0.4, -0.2) is 27.5 Å². The van der Waals surface area contributed by atoms with Gasteiger partial charge in [0.05, 0.1) is 5.69 Å². The first kappa shape index (κ1) is 19.9. The number of aromatic nitrogens is 3. The summed E-state index contributed by atoms with van der Waals surface area (Å²) in [6.45, 7) is 3.90. The van der Waals surface area contributed by atoms with Crippen molar-refractivity contribution in [3.63, 3.8) is 0 Å². The van der Waals surface area contributed by atoms with Gasteiger partial charge in [-0.2, -0.15) is 4.80 Å². The Labute approximate surface area is 179 Å². The van der Waals surface area contributed by atoms with E-state index in [1.54, 1.807) is 35.1 Å². The number of rotatable bonds is 6. The first-order chi connectivity index (χ1) is 14.5. The molecule has 0 spiro atoms. The maximum atomic E-state index is 12.3. The fraction of sp³-hybridized carbons (Fsp3) is 0.174. The van der Waals surface area contributed by atoms with E-state index in [0.29, 0.717) is 22.0 Å². The molecule has 1 N–H and O–H groups in total. The summed E-state index contributed by atoms with van der Waals surface area (Å²) in [5.41, 5.74) is 5.11. The van der Waals surface area contributed by atoms with E-state index in [4.69, 9.17) is 16.3 Å². The molecule has 0 atom stereocenters. The van der Waals surface area contributed by atoms with Gasteiger partial charge < -0.3 is 10.1 Å². The average Bonchev–Trinajstić information content (AvgIpc) is 3.16. The molecule has 4 rings (SSSR count). The highest BCUT2D eigenvalue weighted by molar-refractivity contribution is 6.30. The summed E-state index contributed by atoms with van der Waals surface area (Å²) in [5, 5.41) is 12.5. The molecule has 1 heterocycles. The predicted octanol–water partition coefficient (Wildman–Crippen LogP) is 4.96. The zero-order valence-electron chi connectivity index (χ0n) is 16.7. The molecule has 6 nitrogen and oxygen atoms in total. The van der Waals surface area contributed by atoms with Gasteiger partial charge in [0, 0.05) is 10.7 Å². The van der Waals surface area contributed by atoms with Crippen LogP contribution in [0.1, 0.15) is 18.1 Å². The van der Waals surface area contributed by atoms with E-state index in [1.807, 2.05) is 25.1 Å². The molecule has 1 aromatic heterocycles. The van der Waals surface area contributed by atoms with Gasteiger partial charge in [-0.1, -0.05) is 30.7 Å². The molecule has 1 amide bonds. The highest BCUT2D eigenvalue weighted by Crippen LogP contribution is 2.22. The van der Waals surface area contributed by atoms with E-state index in [9.17, 15) is 4.79 Å². The van der Waals surface area contributed by atoms with Crippen LogP contribution >= 0.6 is 11.6 Å². The largest absolute Gasteiger partial charge is 0.483 e. The van der Waals surface area contributed by atoms with Crippen molar-refractivity contribution in [2.45, 2.75) is 20.3 Å². The van der Waals surface area contributed by atoms with Crippen LogP contribution in [0.4, 0.5) is 5.69 Å². The minimum Gasteiger partial charge on any atom is -0.483 e. The van der Waals surface area contributed by atoms with E-state index in [-0.39, 0.29) is 12.5 Å². The molecule has 0 radical (unpaired) electrons. The van der Waals surface area contributed by atoms with Gasteiger partial charge in [-0.25, -0.2) is 0 Å². The number of anilines is 1. The Morgan fingerprint density at radius 2 is 1.80 bits per heavy atom. The van der Waals surface area contributed by atoms with Crippen molar-refractivity contribution in [2.75, 3.05) is 11.9 Å². The van der Waals surface area contributed by atoms with Gasteiger partial charge in [-0.3, -0.25) is 4.79 Å². The summed E-state index contributed by atoms with van der Waals surface area (Å²) in [4.78, 5) is 13.9. The van der Waals surface area contributed by atoms with E-state index in [0.717, 1.165) is 23.2 Å². The number of hydrogen-bond acceptors (Lipinski definition) is 4. The quantitative estimate of drug-likeness (QED) is 0.478. The van der Waals surface area contributed by atoms with E-state index < -0.39 is 0 Å². The fourth-order valence-corrected chi connectivity index (χ4v) is 3.31. The van der Waals surface area contributed by atoms with Crippen molar-refractivity contribution in [3.05, 3.63) is 76.8 Å². The van der Waals surface area contributed by atoms with E-state index in [2.05, 4.69) is 34.6 Å². The SMILES string of the molecule is CCc1ccc(-n2nc3ccc(NC(=O)COc4ccc(Cl)cc4C)cc3n2)cc1. The molecule has 0 aliphatic rings. The van der Waals surface area contributed by atoms with Gasteiger partial charge in [0.25, 0.3) is 5.91 Å². The van der Waals surface area contributed by atoms with Gasteiger partial charge in [0.2, 0.25) is 0 Å². The Balaban J connectivity index is 1.44. The molecule has 0 aliphatic heterocycles. The molecule has 3 aromatic carbocycles. The number of fused-ring (bicyclic) bond motifs is 1. The zero-order valence-corrected chi connectivity index (χ0v) is 17.5. The molecule has 30 heavy (non-hydrogen) atoms. The van der Waals surface area contributed by atoms with Gasteiger partial charge in [-0.15, -0.1) is 10.2 Å². The van der Waals surface area contributed by atoms with Crippen molar-refractivity contribution < 1.29 is 9.53 Å². The van der Waals surface area contributed by atoms with Crippen LogP contribution in [0.25, 0.3) is 16.7 Å². The molecule has 0 unspecified atom stereocenters. The Bertz CT molecular complexity index is 1200. The summed E-state index contributed by atoms with van der Waals surface area (Å²) in [6, 6.07) is 18.8. The number of aryl methyl sites for hydroxylation is 2. The van der Waals surface area contributed by atoms with Gasteiger partial charge >= 0.3 is 0 Å². The fourth-order valence-electron chi connectivity index (χ4n) is 3.09. The summed E-state index contributed by atoms with van der Waals surface area (Å²) >= 11 is 5.94. The Kier molecular flexibility index (Phi) is 5.68. The highest BCUT2D eigenvalue weighted by atomic mass is 35.5. The number of nitrogens with one attached hydrogen (secondary N) is 1. The zero-order chi connectivity index (χ0) is 21.1. The number of ether oxygens (including phenoxy) is 1. The first-order valence-electron chi connectivity index (χ1n) is 9.67. The average molecular weight is 421 g/mol. The molecule has 152 valence electrons. The number of carbonyl (C=O) groups is 1. The highest BCUT2D eigenvalue weighted by Gasteiger charge is 2.09. The third-order valence-corrected chi connectivity index (χ3v) is 4.97. The molecule has 0 bridgehead atoms. The van der Waals surface area contributed by atoms with Crippen LogP contribution in [0, 0.1) is 6.92 Å². The monoisotopic (exact) mass is 420 g/mol. The van der Waals surface area contributed by atoms with Crippen molar-refractivity contribution in [1.82, 2.24) is 15.0 Å².